The molecule has 1 aliphatic rings. The third kappa shape index (κ3) is 3.02. The SMILES string of the molecule is Cn1cc(S(=O)(=O)NCC2(CCO)CC2)cc1C(N)=O. The van der Waals surface area contributed by atoms with Crippen molar-refractivity contribution in [3.63, 3.8) is 0 Å². The van der Waals surface area contributed by atoms with E-state index in [1.165, 1.54) is 16.8 Å². The first kappa shape index (κ1) is 15.0. The average molecular weight is 301 g/mol. The van der Waals surface area contributed by atoms with Gasteiger partial charge in [-0.15, -0.1) is 0 Å². The number of hydrogen-bond donors (Lipinski definition) is 3. The Morgan fingerprint density at radius 3 is 2.65 bits per heavy atom. The molecule has 4 N–H and O–H groups in total. The molecular formula is C12H19N3O4S. The molecular weight excluding hydrogens is 282 g/mol. The molecule has 0 aliphatic heterocycles. The number of aliphatic hydroxyl groups is 1. The minimum absolute atomic E-state index is 0.0219. The second-order valence-corrected chi connectivity index (χ2v) is 7.10. The molecule has 2 rings (SSSR count). The summed E-state index contributed by atoms with van der Waals surface area (Å²) in [6, 6.07) is 1.26. The number of hydrogen-bond acceptors (Lipinski definition) is 4. The Morgan fingerprint density at radius 1 is 1.55 bits per heavy atom. The minimum atomic E-state index is -3.67. The fraction of sp³-hybridized carbons (Fsp3) is 0.583. The van der Waals surface area contributed by atoms with Crippen LogP contribution in [0.3, 0.4) is 0 Å². The van der Waals surface area contributed by atoms with Gasteiger partial charge >= 0.3 is 0 Å². The molecule has 0 bridgehead atoms. The Labute approximate surface area is 117 Å². The highest BCUT2D eigenvalue weighted by Gasteiger charge is 2.42. The van der Waals surface area contributed by atoms with Gasteiger partial charge in [0, 0.05) is 26.4 Å². The Kier molecular flexibility index (Phi) is 3.90. The zero-order chi connectivity index (χ0) is 15.0. The van der Waals surface area contributed by atoms with Gasteiger partial charge in [0.15, 0.2) is 0 Å². The number of nitrogens with one attached hydrogen (secondary N) is 1. The molecule has 1 aromatic rings. The van der Waals surface area contributed by atoms with Gasteiger partial charge in [0.2, 0.25) is 10.0 Å². The van der Waals surface area contributed by atoms with Crippen molar-refractivity contribution in [2.24, 2.45) is 18.2 Å². The zero-order valence-corrected chi connectivity index (χ0v) is 12.1. The monoisotopic (exact) mass is 301 g/mol. The number of aryl methyl sites for hydroxylation is 1. The normalized spacial score (nSPS) is 17.1. The van der Waals surface area contributed by atoms with E-state index in [9.17, 15) is 13.2 Å². The lowest BCUT2D eigenvalue weighted by Gasteiger charge is -2.14. The summed E-state index contributed by atoms with van der Waals surface area (Å²) in [5.74, 6) is -0.673. The molecule has 20 heavy (non-hydrogen) atoms. The van der Waals surface area contributed by atoms with Crippen molar-refractivity contribution < 1.29 is 18.3 Å². The van der Waals surface area contributed by atoms with Gasteiger partial charge in [0.05, 0.1) is 0 Å². The first-order valence-corrected chi connectivity index (χ1v) is 7.85. The number of carbonyl (C=O) groups excluding carboxylic acids is 1. The summed E-state index contributed by atoms with van der Waals surface area (Å²) in [6.45, 7) is 0.357. The molecule has 1 aromatic heterocycles. The van der Waals surface area contributed by atoms with Crippen molar-refractivity contribution in [1.82, 2.24) is 9.29 Å². The third-order valence-electron chi connectivity index (χ3n) is 3.78. The van der Waals surface area contributed by atoms with Crippen LogP contribution in [0.25, 0.3) is 0 Å². The number of nitrogens with zero attached hydrogens (tertiary/aromatic N) is 1. The maximum absolute atomic E-state index is 12.2. The van der Waals surface area contributed by atoms with Crippen LogP contribution in [0.4, 0.5) is 0 Å². The van der Waals surface area contributed by atoms with E-state index in [1.54, 1.807) is 7.05 Å². The second-order valence-electron chi connectivity index (χ2n) is 5.33. The quantitative estimate of drug-likeness (QED) is 0.633. The predicted molar refractivity (Wildman–Crippen MR) is 72.5 cm³/mol. The van der Waals surface area contributed by atoms with E-state index in [0.29, 0.717) is 13.0 Å². The first-order valence-electron chi connectivity index (χ1n) is 6.36. The van der Waals surface area contributed by atoms with Crippen molar-refractivity contribution in [3.05, 3.63) is 18.0 Å². The van der Waals surface area contributed by atoms with Gasteiger partial charge in [-0.05, 0) is 30.7 Å². The summed E-state index contributed by atoms with van der Waals surface area (Å²) in [4.78, 5) is 11.2. The minimum Gasteiger partial charge on any atom is -0.396 e. The van der Waals surface area contributed by atoms with Crippen LogP contribution in [0.2, 0.25) is 0 Å². The number of sulfonamides is 1. The number of primary amides is 1. The smallest absolute Gasteiger partial charge is 0.265 e. The molecule has 1 aliphatic carbocycles. The second kappa shape index (κ2) is 5.19. The van der Waals surface area contributed by atoms with E-state index in [1.807, 2.05) is 0 Å². The molecule has 0 spiro atoms. The fourth-order valence-corrected chi connectivity index (χ4v) is 3.41. The van der Waals surface area contributed by atoms with E-state index in [4.69, 9.17) is 10.8 Å². The van der Waals surface area contributed by atoms with Crippen LogP contribution in [-0.2, 0) is 17.1 Å². The lowest BCUT2D eigenvalue weighted by atomic mass is 10.0. The fourth-order valence-electron chi connectivity index (χ4n) is 2.19. The van der Waals surface area contributed by atoms with Gasteiger partial charge in [0.1, 0.15) is 10.6 Å². The van der Waals surface area contributed by atoms with Gasteiger partial charge in [-0.3, -0.25) is 4.79 Å². The van der Waals surface area contributed by atoms with Crippen molar-refractivity contribution >= 4 is 15.9 Å². The molecule has 8 heteroatoms. The highest BCUT2D eigenvalue weighted by molar-refractivity contribution is 7.89. The van der Waals surface area contributed by atoms with Gasteiger partial charge in [-0.25, -0.2) is 13.1 Å². The number of amides is 1. The Morgan fingerprint density at radius 2 is 2.20 bits per heavy atom. The molecule has 112 valence electrons. The van der Waals surface area contributed by atoms with Crippen molar-refractivity contribution in [3.8, 4) is 0 Å². The first-order chi connectivity index (χ1) is 9.30. The molecule has 0 aromatic carbocycles. The van der Waals surface area contributed by atoms with E-state index in [2.05, 4.69) is 4.72 Å². The number of aromatic nitrogens is 1. The molecule has 1 heterocycles. The Hall–Kier alpha value is -1.38. The lowest BCUT2D eigenvalue weighted by molar-refractivity contribution is 0.0992. The largest absolute Gasteiger partial charge is 0.396 e. The molecule has 7 nitrogen and oxygen atoms in total. The molecule has 0 atom stereocenters. The van der Waals surface area contributed by atoms with Gasteiger partial charge in [-0.2, -0.15) is 0 Å². The van der Waals surface area contributed by atoms with Crippen LogP contribution in [-0.4, -0.2) is 37.2 Å². The summed E-state index contributed by atoms with van der Waals surface area (Å²) >= 11 is 0. The Bertz CT molecular complexity index is 617. The molecule has 0 unspecified atom stereocenters. The van der Waals surface area contributed by atoms with Crippen LogP contribution in [0, 0.1) is 5.41 Å². The van der Waals surface area contributed by atoms with Crippen molar-refractivity contribution in [2.75, 3.05) is 13.2 Å². The Balaban J connectivity index is 2.11. The van der Waals surface area contributed by atoms with Crippen molar-refractivity contribution in [1.29, 1.82) is 0 Å². The lowest BCUT2D eigenvalue weighted by Crippen LogP contribution is -2.30. The van der Waals surface area contributed by atoms with Crippen LogP contribution in [0.15, 0.2) is 17.2 Å². The molecule has 1 saturated carbocycles. The van der Waals surface area contributed by atoms with E-state index in [-0.39, 0.29) is 22.6 Å². The predicted octanol–water partition coefficient (Wildman–Crippen LogP) is -0.435. The standard InChI is InChI=1S/C12H19N3O4S/c1-15-7-9(6-10(15)11(13)17)20(18,19)14-8-12(2-3-12)4-5-16/h6-7,14,16H,2-5,8H2,1H3,(H2,13,17). The van der Waals surface area contributed by atoms with Crippen molar-refractivity contribution in [2.45, 2.75) is 24.2 Å². The summed E-state index contributed by atoms with van der Waals surface area (Å²) in [5, 5.41) is 8.96. The van der Waals surface area contributed by atoms with E-state index < -0.39 is 15.9 Å². The van der Waals surface area contributed by atoms with Crippen LogP contribution in [0.1, 0.15) is 29.8 Å². The summed E-state index contributed by atoms with van der Waals surface area (Å²) in [6.07, 6.45) is 3.78. The maximum atomic E-state index is 12.2. The summed E-state index contributed by atoms with van der Waals surface area (Å²) in [5.41, 5.74) is 5.19. The van der Waals surface area contributed by atoms with E-state index in [0.717, 1.165) is 12.8 Å². The topological polar surface area (TPSA) is 114 Å². The number of nitrogens with two attached hydrogens (primary N) is 1. The van der Waals surface area contributed by atoms with Crippen LogP contribution in [0.5, 0.6) is 0 Å². The third-order valence-corrected chi connectivity index (χ3v) is 5.15. The van der Waals surface area contributed by atoms with Gasteiger partial charge < -0.3 is 15.4 Å². The maximum Gasteiger partial charge on any atom is 0.265 e. The molecule has 0 saturated heterocycles. The molecule has 1 fully saturated rings. The zero-order valence-electron chi connectivity index (χ0n) is 11.3. The highest BCUT2D eigenvalue weighted by Crippen LogP contribution is 2.48. The number of rotatable bonds is 7. The van der Waals surface area contributed by atoms with Gasteiger partial charge in [-0.1, -0.05) is 0 Å². The summed E-state index contributed by atoms with van der Waals surface area (Å²) in [7, 11) is -2.10. The average Bonchev–Trinajstić information content (AvgIpc) is 3.00. The molecule has 1 amide bonds. The van der Waals surface area contributed by atoms with Crippen LogP contribution >= 0.6 is 0 Å². The number of aliphatic hydroxyl groups excluding tert-OH is 1. The van der Waals surface area contributed by atoms with Crippen LogP contribution < -0.4 is 10.5 Å². The highest BCUT2D eigenvalue weighted by atomic mass is 32.2. The number of carbonyl (C=O) groups is 1. The van der Waals surface area contributed by atoms with Gasteiger partial charge in [0.25, 0.3) is 5.91 Å². The van der Waals surface area contributed by atoms with E-state index >= 15 is 0 Å². The summed E-state index contributed by atoms with van der Waals surface area (Å²) < 4.78 is 28.2. The molecule has 0 radical (unpaired) electrons.